The summed E-state index contributed by atoms with van der Waals surface area (Å²) in [7, 11) is 0. The van der Waals surface area contributed by atoms with E-state index < -0.39 is 0 Å². The van der Waals surface area contributed by atoms with Crippen molar-refractivity contribution in [3.05, 3.63) is 12.1 Å². The quantitative estimate of drug-likeness (QED) is 0.757. The number of rotatable bonds is 1. The van der Waals surface area contributed by atoms with Crippen LogP contribution in [-0.4, -0.2) is 19.9 Å². The average molecular weight is 234 g/mol. The number of hydrogen-bond donors (Lipinski definition) is 1. The molecular formula is C13H18N2O2. The largest absolute Gasteiger partial charge is 0.454 e. The van der Waals surface area contributed by atoms with Gasteiger partial charge in [0.1, 0.15) is 0 Å². The lowest BCUT2D eigenvalue weighted by Crippen LogP contribution is -2.33. The molecule has 17 heavy (non-hydrogen) atoms. The zero-order valence-corrected chi connectivity index (χ0v) is 10.1. The van der Waals surface area contributed by atoms with Crippen molar-refractivity contribution in [1.82, 2.24) is 0 Å². The first-order valence-corrected chi connectivity index (χ1v) is 6.18. The van der Waals surface area contributed by atoms with Gasteiger partial charge >= 0.3 is 0 Å². The number of nitrogen functional groups attached to an aromatic ring is 1. The zero-order valence-electron chi connectivity index (χ0n) is 10.1. The molecule has 0 aromatic heterocycles. The minimum Gasteiger partial charge on any atom is -0.454 e. The van der Waals surface area contributed by atoms with Crippen LogP contribution in [0.15, 0.2) is 12.1 Å². The summed E-state index contributed by atoms with van der Waals surface area (Å²) < 4.78 is 10.7. The molecular weight excluding hydrogens is 216 g/mol. The molecule has 2 aliphatic rings. The summed E-state index contributed by atoms with van der Waals surface area (Å²) in [5, 5.41) is 0. The summed E-state index contributed by atoms with van der Waals surface area (Å²) in [6, 6.07) is 3.88. The third-order valence-electron chi connectivity index (χ3n) is 3.65. The maximum atomic E-state index is 6.08. The van der Waals surface area contributed by atoms with Crippen LogP contribution in [-0.2, 0) is 0 Å². The summed E-state index contributed by atoms with van der Waals surface area (Å²) in [5.74, 6) is 2.39. The summed E-state index contributed by atoms with van der Waals surface area (Å²) >= 11 is 0. The van der Waals surface area contributed by atoms with E-state index in [1.165, 1.54) is 12.8 Å². The third-order valence-corrected chi connectivity index (χ3v) is 3.65. The van der Waals surface area contributed by atoms with E-state index >= 15 is 0 Å². The van der Waals surface area contributed by atoms with E-state index in [0.29, 0.717) is 6.79 Å². The Kier molecular flexibility index (Phi) is 2.50. The molecule has 1 saturated heterocycles. The second-order valence-corrected chi connectivity index (χ2v) is 4.93. The summed E-state index contributed by atoms with van der Waals surface area (Å²) in [6.07, 6.45) is 2.46. The first-order valence-electron chi connectivity index (χ1n) is 6.18. The van der Waals surface area contributed by atoms with E-state index in [1.54, 1.807) is 0 Å². The molecule has 0 aliphatic carbocycles. The van der Waals surface area contributed by atoms with Crippen molar-refractivity contribution in [3.8, 4) is 11.5 Å². The van der Waals surface area contributed by atoms with Crippen molar-refractivity contribution >= 4 is 11.4 Å². The maximum absolute atomic E-state index is 6.08. The molecule has 4 nitrogen and oxygen atoms in total. The summed E-state index contributed by atoms with van der Waals surface area (Å²) in [6.45, 7) is 4.76. The molecule has 2 heterocycles. The van der Waals surface area contributed by atoms with Crippen LogP contribution in [0.2, 0.25) is 0 Å². The zero-order chi connectivity index (χ0) is 11.8. The van der Waals surface area contributed by atoms with Gasteiger partial charge in [-0.1, -0.05) is 6.92 Å². The van der Waals surface area contributed by atoms with Crippen molar-refractivity contribution in [1.29, 1.82) is 0 Å². The van der Waals surface area contributed by atoms with Crippen LogP contribution >= 0.6 is 0 Å². The van der Waals surface area contributed by atoms with E-state index in [2.05, 4.69) is 11.8 Å². The van der Waals surface area contributed by atoms with Crippen LogP contribution in [0.1, 0.15) is 19.8 Å². The normalized spacial score (nSPS) is 19.7. The minimum atomic E-state index is 0.301. The van der Waals surface area contributed by atoms with Crippen molar-refractivity contribution in [2.75, 3.05) is 30.5 Å². The smallest absolute Gasteiger partial charge is 0.231 e. The van der Waals surface area contributed by atoms with Gasteiger partial charge in [-0.25, -0.2) is 0 Å². The molecule has 0 spiro atoms. The monoisotopic (exact) mass is 234 g/mol. The highest BCUT2D eigenvalue weighted by Gasteiger charge is 2.22. The molecule has 1 aromatic carbocycles. The van der Waals surface area contributed by atoms with E-state index in [4.69, 9.17) is 15.2 Å². The van der Waals surface area contributed by atoms with Crippen molar-refractivity contribution in [3.63, 3.8) is 0 Å². The average Bonchev–Trinajstić information content (AvgIpc) is 2.76. The number of nitrogens with two attached hydrogens (primary N) is 1. The van der Waals surface area contributed by atoms with Gasteiger partial charge in [-0.2, -0.15) is 0 Å². The molecule has 0 saturated carbocycles. The van der Waals surface area contributed by atoms with Gasteiger partial charge in [-0.05, 0) is 18.8 Å². The van der Waals surface area contributed by atoms with Gasteiger partial charge < -0.3 is 20.1 Å². The number of fused-ring (bicyclic) bond motifs is 1. The lowest BCUT2D eigenvalue weighted by molar-refractivity contribution is 0.174. The van der Waals surface area contributed by atoms with Crippen LogP contribution in [0.25, 0.3) is 0 Å². The summed E-state index contributed by atoms with van der Waals surface area (Å²) in [4.78, 5) is 2.34. The fourth-order valence-corrected chi connectivity index (χ4v) is 2.47. The van der Waals surface area contributed by atoms with Crippen molar-refractivity contribution < 1.29 is 9.47 Å². The fraction of sp³-hybridized carbons (Fsp3) is 0.538. The second kappa shape index (κ2) is 4.02. The first kappa shape index (κ1) is 10.6. The van der Waals surface area contributed by atoms with Crippen LogP contribution in [0.5, 0.6) is 11.5 Å². The standard InChI is InChI=1S/C13H18N2O2/c1-9-2-4-15(5-3-9)11-7-13-12(6-10(11)14)16-8-17-13/h6-7,9H,2-5,8,14H2,1H3. The molecule has 0 bridgehead atoms. The Labute approximate surface area is 101 Å². The van der Waals surface area contributed by atoms with E-state index in [1.807, 2.05) is 12.1 Å². The Morgan fingerprint density at radius 3 is 2.53 bits per heavy atom. The first-order chi connectivity index (χ1) is 8.24. The van der Waals surface area contributed by atoms with Crippen molar-refractivity contribution in [2.24, 2.45) is 5.92 Å². The molecule has 2 N–H and O–H groups in total. The fourth-order valence-electron chi connectivity index (χ4n) is 2.47. The number of anilines is 2. The van der Waals surface area contributed by atoms with Gasteiger partial charge in [0.05, 0.1) is 11.4 Å². The van der Waals surface area contributed by atoms with Gasteiger partial charge in [0.15, 0.2) is 11.5 Å². The molecule has 4 heteroatoms. The molecule has 0 amide bonds. The van der Waals surface area contributed by atoms with Crippen LogP contribution in [0.4, 0.5) is 11.4 Å². The van der Waals surface area contributed by atoms with E-state index in [0.717, 1.165) is 41.9 Å². The Hall–Kier alpha value is -1.58. The van der Waals surface area contributed by atoms with E-state index in [9.17, 15) is 0 Å². The predicted octanol–water partition coefficient (Wildman–Crippen LogP) is 2.23. The third kappa shape index (κ3) is 1.88. The number of benzene rings is 1. The SMILES string of the molecule is CC1CCN(c2cc3c(cc2N)OCO3)CC1. The highest BCUT2D eigenvalue weighted by atomic mass is 16.7. The molecule has 92 valence electrons. The number of ether oxygens (including phenoxy) is 2. The number of piperidine rings is 1. The van der Waals surface area contributed by atoms with Gasteiger partial charge in [-0.3, -0.25) is 0 Å². The predicted molar refractivity (Wildman–Crippen MR) is 67.6 cm³/mol. The molecule has 1 aromatic rings. The molecule has 3 rings (SSSR count). The van der Waals surface area contributed by atoms with Crippen LogP contribution in [0, 0.1) is 5.92 Å². The van der Waals surface area contributed by atoms with Gasteiger partial charge in [0.25, 0.3) is 0 Å². The van der Waals surface area contributed by atoms with Gasteiger partial charge in [0, 0.05) is 25.2 Å². The second-order valence-electron chi connectivity index (χ2n) is 4.93. The van der Waals surface area contributed by atoms with Gasteiger partial charge in [0.2, 0.25) is 6.79 Å². The highest BCUT2D eigenvalue weighted by Crippen LogP contribution is 2.40. The Bertz CT molecular complexity index is 426. The lowest BCUT2D eigenvalue weighted by atomic mass is 9.98. The number of hydrogen-bond acceptors (Lipinski definition) is 4. The molecule has 1 fully saturated rings. The van der Waals surface area contributed by atoms with Crippen LogP contribution in [0.3, 0.4) is 0 Å². The highest BCUT2D eigenvalue weighted by molar-refractivity contribution is 5.73. The maximum Gasteiger partial charge on any atom is 0.231 e. The topological polar surface area (TPSA) is 47.7 Å². The Balaban J connectivity index is 1.87. The number of nitrogens with zero attached hydrogens (tertiary/aromatic N) is 1. The van der Waals surface area contributed by atoms with Crippen LogP contribution < -0.4 is 20.1 Å². The summed E-state index contributed by atoms with van der Waals surface area (Å²) in [5.41, 5.74) is 7.95. The Morgan fingerprint density at radius 1 is 1.18 bits per heavy atom. The minimum absolute atomic E-state index is 0.301. The van der Waals surface area contributed by atoms with E-state index in [-0.39, 0.29) is 0 Å². The van der Waals surface area contributed by atoms with Gasteiger partial charge in [-0.15, -0.1) is 0 Å². The molecule has 0 atom stereocenters. The molecule has 0 radical (unpaired) electrons. The Morgan fingerprint density at radius 2 is 1.82 bits per heavy atom. The van der Waals surface area contributed by atoms with Crippen molar-refractivity contribution in [2.45, 2.75) is 19.8 Å². The molecule has 0 unspecified atom stereocenters. The molecule has 2 aliphatic heterocycles. The lowest BCUT2D eigenvalue weighted by Gasteiger charge is -2.33.